The molecule has 0 unspecified atom stereocenters. The molecular formula is C18H18N6O. The van der Waals surface area contributed by atoms with E-state index in [1.807, 2.05) is 24.4 Å². The lowest BCUT2D eigenvalue weighted by Crippen LogP contribution is -2.20. The highest BCUT2D eigenvalue weighted by atomic mass is 16.1. The van der Waals surface area contributed by atoms with Gasteiger partial charge in [0.1, 0.15) is 12.0 Å². The Morgan fingerprint density at radius 3 is 2.68 bits per heavy atom. The lowest BCUT2D eigenvalue weighted by molar-refractivity contribution is 0.102. The summed E-state index contributed by atoms with van der Waals surface area (Å²) in [4.78, 5) is 23.0. The van der Waals surface area contributed by atoms with Crippen molar-refractivity contribution in [3.05, 3.63) is 60.8 Å². The second-order valence-electron chi connectivity index (χ2n) is 5.92. The first-order valence-corrected chi connectivity index (χ1v) is 8.28. The van der Waals surface area contributed by atoms with E-state index in [0.29, 0.717) is 11.3 Å². The third kappa shape index (κ3) is 3.21. The zero-order valence-corrected chi connectivity index (χ0v) is 13.7. The highest BCUT2D eigenvalue weighted by molar-refractivity contribution is 6.04. The number of hydrogen-bond donors (Lipinski definition) is 1. The molecule has 1 amide bonds. The van der Waals surface area contributed by atoms with Crippen LogP contribution in [0.5, 0.6) is 0 Å². The fourth-order valence-electron chi connectivity index (χ4n) is 2.97. The first-order chi connectivity index (χ1) is 12.3. The monoisotopic (exact) mass is 334 g/mol. The Labute approximate surface area is 145 Å². The first kappa shape index (κ1) is 15.3. The van der Waals surface area contributed by atoms with Crippen molar-refractivity contribution in [1.82, 2.24) is 19.7 Å². The van der Waals surface area contributed by atoms with Crippen LogP contribution in [0.4, 0.5) is 11.4 Å². The van der Waals surface area contributed by atoms with Gasteiger partial charge in [-0.05, 0) is 25.0 Å². The molecule has 0 spiro atoms. The minimum atomic E-state index is -0.164. The number of benzene rings is 1. The van der Waals surface area contributed by atoms with E-state index >= 15 is 0 Å². The van der Waals surface area contributed by atoms with Gasteiger partial charge in [-0.3, -0.25) is 4.79 Å². The molecule has 126 valence electrons. The Bertz CT molecular complexity index is 870. The number of carbonyl (C=O) groups is 1. The molecule has 25 heavy (non-hydrogen) atoms. The Morgan fingerprint density at radius 1 is 1.08 bits per heavy atom. The Hall–Kier alpha value is -3.22. The van der Waals surface area contributed by atoms with Gasteiger partial charge in [0.25, 0.3) is 5.91 Å². The van der Waals surface area contributed by atoms with Gasteiger partial charge >= 0.3 is 0 Å². The van der Waals surface area contributed by atoms with Gasteiger partial charge < -0.3 is 10.2 Å². The quantitative estimate of drug-likeness (QED) is 0.793. The van der Waals surface area contributed by atoms with Gasteiger partial charge in [-0.2, -0.15) is 5.10 Å². The van der Waals surface area contributed by atoms with Crippen LogP contribution in [0, 0.1) is 0 Å². The number of anilines is 2. The minimum absolute atomic E-state index is 0.164. The van der Waals surface area contributed by atoms with Crippen LogP contribution < -0.4 is 10.2 Å². The topological polar surface area (TPSA) is 75.9 Å². The van der Waals surface area contributed by atoms with Gasteiger partial charge in [-0.1, -0.05) is 18.2 Å². The molecule has 1 saturated heterocycles. The smallest absolute Gasteiger partial charge is 0.255 e. The zero-order chi connectivity index (χ0) is 17.1. The number of nitrogens with zero attached hydrogens (tertiary/aromatic N) is 5. The standard InChI is InChI=1S/C18H18N6O/c25-18(14-6-2-1-3-7-14)22-15-10-21-24(12-15)17-16(11-19-13-20-17)23-8-4-5-9-23/h1-3,6-7,10-13H,4-5,8-9H2,(H,22,25). The van der Waals surface area contributed by atoms with Crippen molar-refractivity contribution in [3.8, 4) is 5.82 Å². The third-order valence-electron chi connectivity index (χ3n) is 4.21. The van der Waals surface area contributed by atoms with Gasteiger partial charge in [-0.15, -0.1) is 0 Å². The number of amides is 1. The van der Waals surface area contributed by atoms with Crippen LogP contribution in [0.15, 0.2) is 55.2 Å². The zero-order valence-electron chi connectivity index (χ0n) is 13.7. The first-order valence-electron chi connectivity index (χ1n) is 8.28. The molecule has 7 nitrogen and oxygen atoms in total. The molecule has 4 rings (SSSR count). The number of carbonyl (C=O) groups excluding carboxylic acids is 1. The van der Waals surface area contributed by atoms with Crippen molar-refractivity contribution in [2.75, 3.05) is 23.3 Å². The maximum Gasteiger partial charge on any atom is 0.255 e. The highest BCUT2D eigenvalue weighted by Gasteiger charge is 2.18. The second-order valence-corrected chi connectivity index (χ2v) is 5.92. The number of aromatic nitrogens is 4. The van der Waals surface area contributed by atoms with Crippen molar-refractivity contribution in [3.63, 3.8) is 0 Å². The van der Waals surface area contributed by atoms with Crippen LogP contribution in [0.3, 0.4) is 0 Å². The predicted molar refractivity (Wildman–Crippen MR) is 95.0 cm³/mol. The summed E-state index contributed by atoms with van der Waals surface area (Å²) in [5.41, 5.74) is 2.19. The van der Waals surface area contributed by atoms with Gasteiger partial charge in [0.2, 0.25) is 0 Å². The average molecular weight is 334 g/mol. The maximum absolute atomic E-state index is 12.3. The molecule has 1 aromatic carbocycles. The third-order valence-corrected chi connectivity index (χ3v) is 4.21. The molecule has 2 aromatic heterocycles. The second kappa shape index (κ2) is 6.72. The van der Waals surface area contributed by atoms with E-state index in [2.05, 4.69) is 25.3 Å². The molecule has 3 aromatic rings. The summed E-state index contributed by atoms with van der Waals surface area (Å²) in [7, 11) is 0. The molecule has 0 aliphatic carbocycles. The van der Waals surface area contributed by atoms with Crippen molar-refractivity contribution < 1.29 is 4.79 Å². The lowest BCUT2D eigenvalue weighted by Gasteiger charge is -2.19. The van der Waals surface area contributed by atoms with Crippen LogP contribution in [0.1, 0.15) is 23.2 Å². The molecule has 0 atom stereocenters. The van der Waals surface area contributed by atoms with E-state index in [0.717, 1.165) is 24.6 Å². The minimum Gasteiger partial charge on any atom is -0.367 e. The van der Waals surface area contributed by atoms with Crippen molar-refractivity contribution >= 4 is 17.3 Å². The van der Waals surface area contributed by atoms with E-state index in [1.54, 1.807) is 29.2 Å². The van der Waals surface area contributed by atoms with Crippen molar-refractivity contribution in [1.29, 1.82) is 0 Å². The number of hydrogen-bond acceptors (Lipinski definition) is 5. The lowest BCUT2D eigenvalue weighted by atomic mass is 10.2. The summed E-state index contributed by atoms with van der Waals surface area (Å²) < 4.78 is 1.68. The molecular weight excluding hydrogens is 316 g/mol. The largest absolute Gasteiger partial charge is 0.367 e. The molecule has 1 aliphatic rings. The van der Waals surface area contributed by atoms with Gasteiger partial charge in [0.15, 0.2) is 5.82 Å². The van der Waals surface area contributed by atoms with Crippen LogP contribution in [-0.4, -0.2) is 38.7 Å². The average Bonchev–Trinajstić information content (AvgIpc) is 3.34. The van der Waals surface area contributed by atoms with E-state index in [1.165, 1.54) is 19.2 Å². The molecule has 1 N–H and O–H groups in total. The Balaban J connectivity index is 1.57. The fraction of sp³-hybridized carbons (Fsp3) is 0.222. The van der Waals surface area contributed by atoms with Crippen LogP contribution in [0.2, 0.25) is 0 Å². The number of rotatable bonds is 4. The molecule has 0 saturated carbocycles. The van der Waals surface area contributed by atoms with Gasteiger partial charge in [0, 0.05) is 18.7 Å². The Morgan fingerprint density at radius 2 is 1.88 bits per heavy atom. The highest BCUT2D eigenvalue weighted by Crippen LogP contribution is 2.25. The molecule has 0 radical (unpaired) electrons. The summed E-state index contributed by atoms with van der Waals surface area (Å²) in [5.74, 6) is 0.555. The molecule has 7 heteroatoms. The van der Waals surface area contributed by atoms with E-state index in [-0.39, 0.29) is 5.91 Å². The summed E-state index contributed by atoms with van der Waals surface area (Å²) in [6.07, 6.45) is 9.06. The van der Waals surface area contributed by atoms with Crippen molar-refractivity contribution in [2.24, 2.45) is 0 Å². The molecule has 0 bridgehead atoms. The summed E-state index contributed by atoms with van der Waals surface area (Å²) >= 11 is 0. The van der Waals surface area contributed by atoms with E-state index in [9.17, 15) is 4.79 Å². The van der Waals surface area contributed by atoms with Crippen LogP contribution in [0.25, 0.3) is 5.82 Å². The predicted octanol–water partition coefficient (Wildman–Crippen LogP) is 2.51. The van der Waals surface area contributed by atoms with E-state index in [4.69, 9.17) is 0 Å². The molecule has 1 fully saturated rings. The SMILES string of the molecule is O=C(Nc1cnn(-c2ncncc2N2CCCC2)c1)c1ccccc1. The summed E-state index contributed by atoms with van der Waals surface area (Å²) in [6.45, 7) is 2.00. The maximum atomic E-state index is 12.3. The Kier molecular flexibility index (Phi) is 4.12. The normalized spacial score (nSPS) is 13.8. The van der Waals surface area contributed by atoms with Gasteiger partial charge in [0.05, 0.1) is 24.3 Å². The van der Waals surface area contributed by atoms with Crippen LogP contribution in [-0.2, 0) is 0 Å². The summed E-state index contributed by atoms with van der Waals surface area (Å²) in [5, 5.41) is 7.21. The summed E-state index contributed by atoms with van der Waals surface area (Å²) in [6, 6.07) is 9.10. The van der Waals surface area contributed by atoms with Crippen LogP contribution >= 0.6 is 0 Å². The molecule has 3 heterocycles. The van der Waals surface area contributed by atoms with Crippen molar-refractivity contribution in [2.45, 2.75) is 12.8 Å². The fourth-order valence-corrected chi connectivity index (χ4v) is 2.97. The van der Waals surface area contributed by atoms with Gasteiger partial charge in [-0.25, -0.2) is 14.6 Å². The molecule has 1 aliphatic heterocycles. The van der Waals surface area contributed by atoms with E-state index < -0.39 is 0 Å². The number of nitrogens with one attached hydrogen (secondary N) is 1.